The molecule has 1 aromatic carbocycles. The quantitative estimate of drug-likeness (QED) is 0.926. The van der Waals surface area contributed by atoms with Gasteiger partial charge in [-0.3, -0.25) is 0 Å². The number of piperidine rings is 1. The Morgan fingerprint density at radius 1 is 1.32 bits per heavy atom. The zero-order valence-electron chi connectivity index (χ0n) is 11.4. The number of anilines is 1. The molecule has 2 aromatic rings. The van der Waals surface area contributed by atoms with Crippen LogP contribution in [0.4, 0.5) is 5.00 Å². The van der Waals surface area contributed by atoms with Gasteiger partial charge in [0.2, 0.25) is 0 Å². The number of fused-ring (bicyclic) bond motifs is 1. The van der Waals surface area contributed by atoms with Crippen molar-refractivity contribution < 1.29 is 0 Å². The van der Waals surface area contributed by atoms with E-state index in [0.717, 1.165) is 24.5 Å². The van der Waals surface area contributed by atoms with Crippen LogP contribution in [-0.2, 0) is 0 Å². The van der Waals surface area contributed by atoms with Crippen molar-refractivity contribution >= 4 is 27.4 Å². The summed E-state index contributed by atoms with van der Waals surface area (Å²) in [6.07, 6.45) is 2.70. The number of nitrogens with one attached hydrogen (secondary N) is 1. The fraction of sp³-hybridized carbons (Fsp3) is 0.533. The average Bonchev–Trinajstić information content (AvgIpc) is 2.85. The van der Waals surface area contributed by atoms with Gasteiger partial charge in [-0.15, -0.1) is 0 Å². The minimum Gasteiger partial charge on any atom is -0.374 e. The normalized spacial score (nSPS) is 17.9. The second kappa shape index (κ2) is 5.88. The lowest BCUT2D eigenvalue weighted by Crippen LogP contribution is -2.36. The number of likely N-dealkylation sites (tertiary alicyclic amines) is 1. The minimum absolute atomic E-state index is 0.912. The largest absolute Gasteiger partial charge is 0.374 e. The molecule has 2 heterocycles. The number of nitrogens with zero attached hydrogens (tertiary/aromatic N) is 2. The zero-order chi connectivity index (χ0) is 13.1. The number of hydrogen-bond acceptors (Lipinski definition) is 4. The lowest BCUT2D eigenvalue weighted by atomic mass is 9.99. The molecule has 1 N–H and O–H groups in total. The van der Waals surface area contributed by atoms with Crippen LogP contribution < -0.4 is 5.32 Å². The summed E-state index contributed by atoms with van der Waals surface area (Å²) < 4.78 is 4.46. The van der Waals surface area contributed by atoms with Gasteiger partial charge in [-0.05, 0) is 55.5 Å². The Labute approximate surface area is 118 Å². The van der Waals surface area contributed by atoms with Gasteiger partial charge in [0.1, 0.15) is 5.00 Å². The van der Waals surface area contributed by atoms with Gasteiger partial charge in [-0.25, -0.2) is 0 Å². The van der Waals surface area contributed by atoms with Gasteiger partial charge in [0.15, 0.2) is 0 Å². The molecule has 102 valence electrons. The van der Waals surface area contributed by atoms with E-state index in [1.807, 2.05) is 6.07 Å². The molecule has 0 amide bonds. The first kappa shape index (κ1) is 12.9. The van der Waals surface area contributed by atoms with Gasteiger partial charge in [0.05, 0.1) is 5.52 Å². The van der Waals surface area contributed by atoms with Crippen LogP contribution in [0.5, 0.6) is 0 Å². The van der Waals surface area contributed by atoms with Crippen molar-refractivity contribution in [2.45, 2.75) is 19.8 Å². The zero-order valence-corrected chi connectivity index (χ0v) is 12.2. The van der Waals surface area contributed by atoms with E-state index in [1.165, 1.54) is 36.3 Å². The summed E-state index contributed by atoms with van der Waals surface area (Å²) in [6, 6.07) is 8.33. The number of benzene rings is 1. The second-order valence-corrected chi connectivity index (χ2v) is 6.25. The molecule has 0 aliphatic carbocycles. The summed E-state index contributed by atoms with van der Waals surface area (Å²) in [5, 5.41) is 6.00. The maximum atomic E-state index is 4.46. The lowest BCUT2D eigenvalue weighted by Gasteiger charge is -2.30. The third-order valence-corrected chi connectivity index (χ3v) is 4.81. The topological polar surface area (TPSA) is 28.2 Å². The number of rotatable bonds is 4. The summed E-state index contributed by atoms with van der Waals surface area (Å²) in [5.74, 6) is 0.912. The van der Waals surface area contributed by atoms with E-state index in [1.54, 1.807) is 11.5 Å². The first-order valence-corrected chi connectivity index (χ1v) is 7.91. The molecule has 1 aliphatic heterocycles. The molecule has 0 bridgehead atoms. The standard InChI is InChI=1S/C15H21N3S/c1-12-6-9-18(10-7-12)11-8-16-15-13-4-2-3-5-14(13)17-19-15/h2-5,12,16H,6-11H2,1H3. The molecule has 0 spiro atoms. The maximum absolute atomic E-state index is 4.46. The SMILES string of the molecule is CC1CCN(CCNc2snc3ccccc23)CC1. The summed E-state index contributed by atoms with van der Waals surface area (Å²) in [5.41, 5.74) is 1.10. The summed E-state index contributed by atoms with van der Waals surface area (Å²) >= 11 is 1.57. The average molecular weight is 275 g/mol. The van der Waals surface area contributed by atoms with Crippen molar-refractivity contribution in [3.63, 3.8) is 0 Å². The van der Waals surface area contributed by atoms with Crippen LogP contribution in [0, 0.1) is 5.92 Å². The van der Waals surface area contributed by atoms with Crippen molar-refractivity contribution in [1.82, 2.24) is 9.27 Å². The predicted molar refractivity (Wildman–Crippen MR) is 82.9 cm³/mol. The highest BCUT2D eigenvalue weighted by molar-refractivity contribution is 7.11. The second-order valence-electron chi connectivity index (χ2n) is 5.48. The third-order valence-electron chi connectivity index (χ3n) is 3.97. The van der Waals surface area contributed by atoms with Crippen LogP contribution in [0.15, 0.2) is 24.3 Å². The van der Waals surface area contributed by atoms with Crippen LogP contribution in [0.3, 0.4) is 0 Å². The summed E-state index contributed by atoms with van der Waals surface area (Å²) in [7, 11) is 0. The molecule has 0 atom stereocenters. The van der Waals surface area contributed by atoms with Crippen LogP contribution in [-0.4, -0.2) is 35.5 Å². The molecule has 1 aliphatic rings. The Morgan fingerprint density at radius 3 is 2.95 bits per heavy atom. The first-order valence-electron chi connectivity index (χ1n) is 7.13. The van der Waals surface area contributed by atoms with Crippen molar-refractivity contribution in [3.05, 3.63) is 24.3 Å². The number of hydrogen-bond donors (Lipinski definition) is 1. The van der Waals surface area contributed by atoms with Crippen molar-refractivity contribution in [3.8, 4) is 0 Å². The molecule has 3 nitrogen and oxygen atoms in total. The molecule has 1 fully saturated rings. The van der Waals surface area contributed by atoms with E-state index in [2.05, 4.69) is 39.7 Å². The molecule has 0 radical (unpaired) electrons. The van der Waals surface area contributed by atoms with E-state index in [0.29, 0.717) is 0 Å². The monoisotopic (exact) mass is 275 g/mol. The van der Waals surface area contributed by atoms with E-state index < -0.39 is 0 Å². The molecular weight excluding hydrogens is 254 g/mol. The molecule has 1 saturated heterocycles. The van der Waals surface area contributed by atoms with Crippen LogP contribution in [0.25, 0.3) is 10.9 Å². The van der Waals surface area contributed by atoms with E-state index in [9.17, 15) is 0 Å². The van der Waals surface area contributed by atoms with Gasteiger partial charge in [-0.2, -0.15) is 4.37 Å². The van der Waals surface area contributed by atoms with Gasteiger partial charge in [0.25, 0.3) is 0 Å². The molecule has 19 heavy (non-hydrogen) atoms. The molecular formula is C15H21N3S. The molecule has 3 rings (SSSR count). The van der Waals surface area contributed by atoms with Crippen LogP contribution >= 0.6 is 11.5 Å². The Balaban J connectivity index is 1.52. The number of aromatic nitrogens is 1. The van der Waals surface area contributed by atoms with Crippen molar-refractivity contribution in [2.24, 2.45) is 5.92 Å². The summed E-state index contributed by atoms with van der Waals surface area (Å²) in [4.78, 5) is 2.57. The Morgan fingerprint density at radius 2 is 2.11 bits per heavy atom. The van der Waals surface area contributed by atoms with Gasteiger partial charge in [-0.1, -0.05) is 19.1 Å². The highest BCUT2D eigenvalue weighted by atomic mass is 32.1. The van der Waals surface area contributed by atoms with Gasteiger partial charge in [0, 0.05) is 18.5 Å². The minimum atomic E-state index is 0.912. The van der Waals surface area contributed by atoms with Gasteiger partial charge < -0.3 is 10.2 Å². The van der Waals surface area contributed by atoms with E-state index in [4.69, 9.17) is 0 Å². The van der Waals surface area contributed by atoms with Crippen LogP contribution in [0.2, 0.25) is 0 Å². The Kier molecular flexibility index (Phi) is 3.99. The van der Waals surface area contributed by atoms with E-state index in [-0.39, 0.29) is 0 Å². The third kappa shape index (κ3) is 3.07. The van der Waals surface area contributed by atoms with E-state index >= 15 is 0 Å². The maximum Gasteiger partial charge on any atom is 0.117 e. The highest BCUT2D eigenvalue weighted by Crippen LogP contribution is 2.27. The summed E-state index contributed by atoms with van der Waals surface area (Å²) in [6.45, 7) is 7.02. The molecule has 4 heteroatoms. The van der Waals surface area contributed by atoms with Crippen molar-refractivity contribution in [2.75, 3.05) is 31.5 Å². The van der Waals surface area contributed by atoms with Crippen LogP contribution in [0.1, 0.15) is 19.8 Å². The first-order chi connectivity index (χ1) is 9.33. The fourth-order valence-corrected chi connectivity index (χ4v) is 3.42. The molecule has 1 aromatic heterocycles. The van der Waals surface area contributed by atoms with Crippen molar-refractivity contribution in [1.29, 1.82) is 0 Å². The smallest absolute Gasteiger partial charge is 0.117 e. The molecule has 0 saturated carbocycles. The highest BCUT2D eigenvalue weighted by Gasteiger charge is 2.15. The Hall–Kier alpha value is -1.13. The van der Waals surface area contributed by atoms with Gasteiger partial charge >= 0.3 is 0 Å². The Bertz CT molecular complexity index is 529. The predicted octanol–water partition coefficient (Wildman–Crippen LogP) is 3.44. The fourth-order valence-electron chi connectivity index (χ4n) is 2.63. The lowest BCUT2D eigenvalue weighted by molar-refractivity contribution is 0.199. The molecule has 0 unspecified atom stereocenters.